The molecule has 0 saturated heterocycles. The first-order valence-corrected chi connectivity index (χ1v) is 12.3. The van der Waals surface area contributed by atoms with Crippen molar-refractivity contribution in [2.45, 2.75) is 56.2 Å². The van der Waals surface area contributed by atoms with Crippen molar-refractivity contribution in [3.05, 3.63) is 59.2 Å². The van der Waals surface area contributed by atoms with Gasteiger partial charge in [0, 0.05) is 12.7 Å². The summed E-state index contributed by atoms with van der Waals surface area (Å²) in [5.74, 6) is 2.57. The van der Waals surface area contributed by atoms with E-state index in [0.29, 0.717) is 11.9 Å². The second-order valence-corrected chi connectivity index (χ2v) is 9.05. The first-order valence-electron chi connectivity index (χ1n) is 11.2. The van der Waals surface area contributed by atoms with Crippen LogP contribution in [0.2, 0.25) is 0 Å². The van der Waals surface area contributed by atoms with E-state index in [0.717, 1.165) is 53.9 Å². The number of ketones is 2. The van der Waals surface area contributed by atoms with Crippen molar-refractivity contribution in [1.29, 1.82) is 0 Å². The Labute approximate surface area is 212 Å². The van der Waals surface area contributed by atoms with Crippen molar-refractivity contribution in [3.63, 3.8) is 0 Å². The molecule has 2 aromatic carbocycles. The molecular formula is C27H34Cl2O5. The molecule has 2 fully saturated rings. The van der Waals surface area contributed by atoms with E-state index in [2.05, 4.69) is 4.74 Å². The van der Waals surface area contributed by atoms with E-state index in [1.807, 2.05) is 42.5 Å². The summed E-state index contributed by atoms with van der Waals surface area (Å²) < 4.78 is 14.6. The van der Waals surface area contributed by atoms with Gasteiger partial charge in [-0.2, -0.15) is 0 Å². The van der Waals surface area contributed by atoms with Crippen molar-refractivity contribution in [2.24, 2.45) is 0 Å². The second-order valence-electron chi connectivity index (χ2n) is 8.56. The number of carbonyl (C=O) groups excluding carboxylic acids is 2. The van der Waals surface area contributed by atoms with Crippen LogP contribution in [0, 0.1) is 0 Å². The lowest BCUT2D eigenvalue weighted by Crippen LogP contribution is -2.17. The molecule has 0 atom stereocenters. The molecule has 2 aliphatic rings. The van der Waals surface area contributed by atoms with Crippen molar-refractivity contribution in [1.82, 2.24) is 0 Å². The smallest absolute Gasteiger partial charge is 0.140 e. The van der Waals surface area contributed by atoms with Gasteiger partial charge >= 0.3 is 0 Å². The highest BCUT2D eigenvalue weighted by atomic mass is 35.5. The zero-order valence-electron chi connectivity index (χ0n) is 20.6. The maximum Gasteiger partial charge on any atom is 0.140 e. The average Bonchev–Trinajstić information content (AvgIpc) is 3.78. The Morgan fingerprint density at radius 2 is 1.26 bits per heavy atom. The quantitative estimate of drug-likeness (QED) is 0.397. The fourth-order valence-corrected chi connectivity index (χ4v) is 4.24. The minimum Gasteiger partial charge on any atom is -0.497 e. The summed E-state index contributed by atoms with van der Waals surface area (Å²) in [6.07, 6.45) is 3.90. The van der Waals surface area contributed by atoms with Crippen LogP contribution >= 0.6 is 23.2 Å². The van der Waals surface area contributed by atoms with Gasteiger partial charge in [-0.1, -0.05) is 29.8 Å². The van der Waals surface area contributed by atoms with E-state index in [1.54, 1.807) is 35.2 Å². The standard InChI is InChI=1S/C13H15ClO2.C12H14O2.C2H5ClO/c1-9(15)13(5-6-13)11-3-4-12(16-2)10(7-11)8-14;1-9(13)12(7-8-12)10-3-5-11(14-2)6-4-10;1-4-2-3/h3-4,7H,5-6,8H2,1-2H3;3-6H,7-8H2,1-2H3;2H2,1H3. The Hall–Kier alpha value is -2.08. The van der Waals surface area contributed by atoms with Gasteiger partial charge in [-0.15, -0.1) is 11.6 Å². The maximum absolute atomic E-state index is 11.6. The molecule has 0 spiro atoms. The molecular weight excluding hydrogens is 475 g/mol. The minimum absolute atomic E-state index is 0.160. The van der Waals surface area contributed by atoms with Crippen LogP contribution in [0.25, 0.3) is 0 Å². The van der Waals surface area contributed by atoms with Gasteiger partial charge in [0.05, 0.1) is 30.9 Å². The van der Waals surface area contributed by atoms with Crippen LogP contribution in [0.3, 0.4) is 0 Å². The summed E-state index contributed by atoms with van der Waals surface area (Å²) in [5, 5.41) is 0. The van der Waals surface area contributed by atoms with Gasteiger partial charge in [-0.3, -0.25) is 9.59 Å². The van der Waals surface area contributed by atoms with Crippen molar-refractivity contribution >= 4 is 34.8 Å². The Morgan fingerprint density at radius 1 is 0.794 bits per heavy atom. The number of methoxy groups -OCH3 is 3. The summed E-state index contributed by atoms with van der Waals surface area (Å²) in [5.41, 5.74) is 2.77. The summed E-state index contributed by atoms with van der Waals surface area (Å²) in [4.78, 5) is 23.1. The Morgan fingerprint density at radius 3 is 1.62 bits per heavy atom. The first-order chi connectivity index (χ1) is 16.2. The van der Waals surface area contributed by atoms with Gasteiger partial charge in [0.25, 0.3) is 0 Å². The zero-order chi connectivity index (χ0) is 25.4. The number of hydrogen-bond acceptors (Lipinski definition) is 5. The van der Waals surface area contributed by atoms with Crippen LogP contribution in [0.4, 0.5) is 0 Å². The molecule has 0 aliphatic heterocycles. The summed E-state index contributed by atoms with van der Waals surface area (Å²) in [7, 11) is 4.82. The number of hydrogen-bond donors (Lipinski definition) is 0. The van der Waals surface area contributed by atoms with Gasteiger partial charge in [-0.05, 0) is 74.9 Å². The monoisotopic (exact) mass is 508 g/mol. The summed E-state index contributed by atoms with van der Waals surface area (Å²) in [6.45, 7) is 3.34. The summed E-state index contributed by atoms with van der Waals surface area (Å²) in [6, 6.07) is 14.0. The minimum atomic E-state index is -0.229. The highest BCUT2D eigenvalue weighted by molar-refractivity contribution is 6.17. The van der Waals surface area contributed by atoms with Crippen LogP contribution in [0.15, 0.2) is 42.5 Å². The lowest BCUT2D eigenvalue weighted by molar-refractivity contribution is -0.120. The van der Waals surface area contributed by atoms with E-state index in [9.17, 15) is 9.59 Å². The highest BCUT2D eigenvalue weighted by Crippen LogP contribution is 2.50. The van der Waals surface area contributed by atoms with Crippen molar-refractivity contribution in [2.75, 3.05) is 27.4 Å². The largest absolute Gasteiger partial charge is 0.497 e. The number of Topliss-reactive ketones (excluding diaryl/α,β-unsaturated/α-hetero) is 2. The molecule has 186 valence electrons. The fourth-order valence-electron chi connectivity index (χ4n) is 4.03. The summed E-state index contributed by atoms with van der Waals surface area (Å²) >= 11 is 10.8. The Kier molecular flexibility index (Phi) is 10.4. The molecule has 2 aromatic rings. The van der Waals surface area contributed by atoms with Crippen LogP contribution < -0.4 is 9.47 Å². The predicted molar refractivity (Wildman–Crippen MR) is 136 cm³/mol. The van der Waals surface area contributed by atoms with Gasteiger partial charge in [0.15, 0.2) is 0 Å². The van der Waals surface area contributed by atoms with Crippen LogP contribution in [0.1, 0.15) is 56.2 Å². The van der Waals surface area contributed by atoms with Gasteiger partial charge in [0.2, 0.25) is 0 Å². The second kappa shape index (κ2) is 12.6. The van der Waals surface area contributed by atoms with Crippen LogP contribution in [-0.2, 0) is 31.0 Å². The third-order valence-electron chi connectivity index (χ3n) is 6.58. The van der Waals surface area contributed by atoms with Crippen molar-refractivity contribution < 1.29 is 23.8 Å². The maximum atomic E-state index is 11.6. The molecule has 0 bridgehead atoms. The highest BCUT2D eigenvalue weighted by Gasteiger charge is 2.49. The molecule has 0 radical (unpaired) electrons. The van der Waals surface area contributed by atoms with E-state index >= 15 is 0 Å². The van der Waals surface area contributed by atoms with Crippen molar-refractivity contribution in [3.8, 4) is 11.5 Å². The number of carbonyl (C=O) groups is 2. The third kappa shape index (κ3) is 6.53. The first kappa shape index (κ1) is 28.2. The van der Waals surface area contributed by atoms with E-state index < -0.39 is 0 Å². The molecule has 2 aliphatic carbocycles. The number of benzene rings is 2. The Bertz CT molecular complexity index is 961. The number of halogens is 2. The van der Waals surface area contributed by atoms with E-state index in [1.165, 1.54) is 0 Å². The van der Waals surface area contributed by atoms with Gasteiger partial charge < -0.3 is 14.2 Å². The van der Waals surface area contributed by atoms with Gasteiger partial charge in [0.1, 0.15) is 29.1 Å². The van der Waals surface area contributed by atoms with Crippen LogP contribution in [0.5, 0.6) is 11.5 Å². The lowest BCUT2D eigenvalue weighted by atomic mass is 9.91. The SMILES string of the molecule is COCCl.COc1ccc(C2(C(C)=O)CC2)cc1.COc1ccc(C2(C(C)=O)CC2)cc1CCl. The zero-order valence-corrected chi connectivity index (χ0v) is 22.1. The fraction of sp³-hybridized carbons (Fsp3) is 0.481. The molecule has 4 rings (SSSR count). The average molecular weight is 509 g/mol. The van der Waals surface area contributed by atoms with Crippen LogP contribution in [-0.4, -0.2) is 39.0 Å². The number of alkyl halides is 2. The molecule has 2 saturated carbocycles. The molecule has 0 heterocycles. The molecule has 7 heteroatoms. The topological polar surface area (TPSA) is 61.8 Å². The Balaban J connectivity index is 0.000000209. The molecule has 34 heavy (non-hydrogen) atoms. The lowest BCUT2D eigenvalue weighted by Gasteiger charge is -2.14. The van der Waals surface area contributed by atoms with E-state index in [-0.39, 0.29) is 22.4 Å². The van der Waals surface area contributed by atoms with Gasteiger partial charge in [-0.25, -0.2) is 0 Å². The predicted octanol–water partition coefficient (Wildman–Crippen LogP) is 6.20. The number of ether oxygens (including phenoxy) is 3. The third-order valence-corrected chi connectivity index (χ3v) is 7.08. The van der Waals surface area contributed by atoms with E-state index in [4.69, 9.17) is 32.7 Å². The molecule has 0 unspecified atom stereocenters. The normalized spacial score (nSPS) is 16.1. The molecule has 0 N–H and O–H groups in total. The molecule has 0 amide bonds. The molecule has 0 aromatic heterocycles. The number of rotatable bonds is 8. The molecule has 5 nitrogen and oxygen atoms in total.